The highest BCUT2D eigenvalue weighted by atomic mass is 35.5. The molecule has 0 amide bonds. The molecular weight excluding hydrogens is 216 g/mol. The van der Waals surface area contributed by atoms with Crippen LogP contribution in [0.15, 0.2) is 6.20 Å². The van der Waals surface area contributed by atoms with E-state index < -0.39 is 0 Å². The molecule has 84 valence electrons. The van der Waals surface area contributed by atoms with Crippen molar-refractivity contribution in [1.82, 2.24) is 9.78 Å². The fourth-order valence-corrected chi connectivity index (χ4v) is 1.50. The third kappa shape index (κ3) is 3.04. The topological polar surface area (TPSA) is 44.1 Å². The highest BCUT2D eigenvalue weighted by Gasteiger charge is 2.16. The maximum atomic E-state index is 11.7. The van der Waals surface area contributed by atoms with Crippen molar-refractivity contribution in [3.05, 3.63) is 16.9 Å². The molecule has 15 heavy (non-hydrogen) atoms. The summed E-state index contributed by atoms with van der Waals surface area (Å²) in [6.07, 6.45) is 2.38. The normalized spacial score (nSPS) is 10.6. The number of halogens is 1. The molecule has 0 fully saturated rings. The standard InChI is InChI=1S/C10H15ClN2O2/c1-3-5-15-7-9(14)10-8(11)6-12-13(10)4-2/h6H,3-5,7H2,1-2H3. The van der Waals surface area contributed by atoms with Gasteiger partial charge < -0.3 is 4.74 Å². The second-order valence-electron chi connectivity index (χ2n) is 3.13. The van der Waals surface area contributed by atoms with E-state index in [9.17, 15) is 4.79 Å². The lowest BCUT2D eigenvalue weighted by Gasteiger charge is -2.04. The lowest BCUT2D eigenvalue weighted by atomic mass is 10.3. The van der Waals surface area contributed by atoms with Crippen molar-refractivity contribution < 1.29 is 9.53 Å². The molecule has 0 aliphatic carbocycles. The van der Waals surface area contributed by atoms with Crippen molar-refractivity contribution in [2.24, 2.45) is 0 Å². The van der Waals surface area contributed by atoms with E-state index in [2.05, 4.69) is 5.10 Å². The second-order valence-corrected chi connectivity index (χ2v) is 3.54. The Balaban J connectivity index is 2.67. The zero-order valence-corrected chi connectivity index (χ0v) is 9.75. The van der Waals surface area contributed by atoms with E-state index in [0.29, 0.717) is 23.9 Å². The summed E-state index contributed by atoms with van der Waals surface area (Å²) in [7, 11) is 0. The first-order chi connectivity index (χ1) is 7.20. The molecule has 0 saturated heterocycles. The molecule has 0 aromatic carbocycles. The third-order valence-corrected chi connectivity index (χ3v) is 2.22. The molecular formula is C10H15ClN2O2. The molecule has 0 spiro atoms. The minimum Gasteiger partial charge on any atom is -0.373 e. The maximum absolute atomic E-state index is 11.7. The summed E-state index contributed by atoms with van der Waals surface area (Å²) < 4.78 is 6.76. The van der Waals surface area contributed by atoms with Gasteiger partial charge in [-0.05, 0) is 13.3 Å². The Hall–Kier alpha value is -0.870. The molecule has 0 radical (unpaired) electrons. The van der Waals surface area contributed by atoms with Crippen molar-refractivity contribution in [3.8, 4) is 0 Å². The van der Waals surface area contributed by atoms with Gasteiger partial charge in [0.1, 0.15) is 12.3 Å². The molecule has 5 heteroatoms. The summed E-state index contributed by atoms with van der Waals surface area (Å²) in [4.78, 5) is 11.7. The van der Waals surface area contributed by atoms with Gasteiger partial charge in [-0.3, -0.25) is 9.48 Å². The third-order valence-electron chi connectivity index (χ3n) is 1.94. The number of carbonyl (C=O) groups is 1. The first-order valence-corrected chi connectivity index (χ1v) is 5.40. The summed E-state index contributed by atoms with van der Waals surface area (Å²) in [5, 5.41) is 4.38. The Kier molecular flexibility index (Phi) is 4.78. The largest absolute Gasteiger partial charge is 0.373 e. The van der Waals surface area contributed by atoms with Gasteiger partial charge in [0.15, 0.2) is 0 Å². The highest BCUT2D eigenvalue weighted by molar-refractivity contribution is 6.33. The Morgan fingerprint density at radius 2 is 2.33 bits per heavy atom. The molecule has 1 aromatic rings. The molecule has 1 heterocycles. The zero-order valence-electron chi connectivity index (χ0n) is 8.99. The van der Waals surface area contributed by atoms with Gasteiger partial charge in [-0.25, -0.2) is 0 Å². The molecule has 0 aliphatic heterocycles. The predicted molar refractivity (Wildman–Crippen MR) is 58.4 cm³/mol. The lowest BCUT2D eigenvalue weighted by molar-refractivity contribution is 0.0751. The van der Waals surface area contributed by atoms with Crippen LogP contribution in [0.25, 0.3) is 0 Å². The number of hydrogen-bond donors (Lipinski definition) is 0. The van der Waals surface area contributed by atoms with Gasteiger partial charge in [-0.15, -0.1) is 0 Å². The number of hydrogen-bond acceptors (Lipinski definition) is 3. The number of rotatable bonds is 6. The van der Waals surface area contributed by atoms with Crippen molar-refractivity contribution >= 4 is 17.4 Å². The van der Waals surface area contributed by atoms with Crippen LogP contribution in [0.1, 0.15) is 30.8 Å². The molecule has 0 bridgehead atoms. The minimum atomic E-state index is -0.118. The number of ketones is 1. The first kappa shape index (κ1) is 12.2. The highest BCUT2D eigenvalue weighted by Crippen LogP contribution is 2.15. The van der Waals surface area contributed by atoms with Crippen LogP contribution in [0.5, 0.6) is 0 Å². The van der Waals surface area contributed by atoms with Gasteiger partial charge in [0.25, 0.3) is 0 Å². The van der Waals surface area contributed by atoms with Crippen LogP contribution in [0, 0.1) is 0 Å². The van der Waals surface area contributed by atoms with Crippen molar-refractivity contribution in [2.75, 3.05) is 13.2 Å². The second kappa shape index (κ2) is 5.88. The number of aryl methyl sites for hydroxylation is 1. The van der Waals surface area contributed by atoms with Crippen LogP contribution in [-0.4, -0.2) is 28.8 Å². The van der Waals surface area contributed by atoms with Gasteiger partial charge in [-0.2, -0.15) is 5.10 Å². The Labute approximate surface area is 94.2 Å². The van der Waals surface area contributed by atoms with E-state index in [4.69, 9.17) is 16.3 Å². The molecule has 1 rings (SSSR count). The Bertz CT molecular complexity index is 336. The van der Waals surface area contributed by atoms with Crippen LogP contribution in [0.3, 0.4) is 0 Å². The molecule has 1 aromatic heterocycles. The summed E-state index contributed by atoms with van der Waals surface area (Å²) in [5.74, 6) is -0.118. The number of ether oxygens (including phenoxy) is 1. The molecule has 0 aliphatic rings. The SMILES string of the molecule is CCCOCC(=O)c1c(Cl)cnn1CC. The molecule has 4 nitrogen and oxygen atoms in total. The van der Waals surface area contributed by atoms with Gasteiger partial charge >= 0.3 is 0 Å². The Morgan fingerprint density at radius 1 is 1.60 bits per heavy atom. The Morgan fingerprint density at radius 3 is 2.93 bits per heavy atom. The number of nitrogens with zero attached hydrogens (tertiary/aromatic N) is 2. The lowest BCUT2D eigenvalue weighted by Crippen LogP contribution is -2.15. The molecule has 0 N–H and O–H groups in total. The van der Waals surface area contributed by atoms with Crippen molar-refractivity contribution in [2.45, 2.75) is 26.8 Å². The fraction of sp³-hybridized carbons (Fsp3) is 0.600. The smallest absolute Gasteiger partial charge is 0.207 e. The van der Waals surface area contributed by atoms with Crippen molar-refractivity contribution in [1.29, 1.82) is 0 Å². The van der Waals surface area contributed by atoms with Gasteiger partial charge in [0.05, 0.1) is 11.2 Å². The van der Waals surface area contributed by atoms with Crippen LogP contribution >= 0.6 is 11.6 Å². The van der Waals surface area contributed by atoms with E-state index in [1.165, 1.54) is 6.20 Å². The van der Waals surface area contributed by atoms with E-state index in [0.717, 1.165) is 6.42 Å². The van der Waals surface area contributed by atoms with Crippen molar-refractivity contribution in [3.63, 3.8) is 0 Å². The molecule has 0 saturated carbocycles. The number of Topliss-reactive ketones (excluding diaryl/α,β-unsaturated/α-hetero) is 1. The van der Waals surface area contributed by atoms with Crippen LogP contribution in [0.2, 0.25) is 5.02 Å². The van der Waals surface area contributed by atoms with E-state index in [1.807, 2.05) is 13.8 Å². The van der Waals surface area contributed by atoms with E-state index in [-0.39, 0.29) is 12.4 Å². The van der Waals surface area contributed by atoms with Gasteiger partial charge in [-0.1, -0.05) is 18.5 Å². The first-order valence-electron chi connectivity index (χ1n) is 5.02. The van der Waals surface area contributed by atoms with E-state index >= 15 is 0 Å². The fourth-order valence-electron chi connectivity index (χ4n) is 1.26. The van der Waals surface area contributed by atoms with Crippen LogP contribution in [0.4, 0.5) is 0 Å². The van der Waals surface area contributed by atoms with Crippen LogP contribution < -0.4 is 0 Å². The average Bonchev–Trinajstić information content (AvgIpc) is 2.59. The number of aromatic nitrogens is 2. The molecule has 0 unspecified atom stereocenters. The summed E-state index contributed by atoms with van der Waals surface area (Å²) in [6, 6.07) is 0. The van der Waals surface area contributed by atoms with Crippen LogP contribution in [-0.2, 0) is 11.3 Å². The summed E-state index contributed by atoms with van der Waals surface area (Å²) in [5.41, 5.74) is 0.440. The monoisotopic (exact) mass is 230 g/mol. The van der Waals surface area contributed by atoms with Gasteiger partial charge in [0, 0.05) is 13.2 Å². The molecule has 0 atom stereocenters. The predicted octanol–water partition coefficient (Wildman–Crippen LogP) is 2.17. The number of carbonyl (C=O) groups excluding carboxylic acids is 1. The summed E-state index contributed by atoms with van der Waals surface area (Å²) in [6.45, 7) is 5.19. The average molecular weight is 231 g/mol. The maximum Gasteiger partial charge on any atom is 0.207 e. The quantitative estimate of drug-likeness (QED) is 0.556. The minimum absolute atomic E-state index is 0.0687. The summed E-state index contributed by atoms with van der Waals surface area (Å²) >= 11 is 5.87. The zero-order chi connectivity index (χ0) is 11.3. The van der Waals surface area contributed by atoms with Gasteiger partial charge in [0.2, 0.25) is 5.78 Å². The van der Waals surface area contributed by atoms with E-state index in [1.54, 1.807) is 4.68 Å².